The zero-order valence-corrected chi connectivity index (χ0v) is 23.9. The highest BCUT2D eigenvalue weighted by molar-refractivity contribution is 9.09. The summed E-state index contributed by atoms with van der Waals surface area (Å²) in [4.78, 5) is 42.5. The summed E-state index contributed by atoms with van der Waals surface area (Å²) in [6.07, 6.45) is 4.81. The molecule has 3 fully saturated rings. The maximum absolute atomic E-state index is 13.9. The largest absolute Gasteiger partial charge is 0.396 e. The molecule has 1 spiro atoms. The minimum atomic E-state index is -0.597. The summed E-state index contributed by atoms with van der Waals surface area (Å²) < 4.78 is -0.597. The van der Waals surface area contributed by atoms with E-state index in [1.165, 1.54) is 0 Å². The fraction of sp³-hybridized carbons (Fsp3) is 0.880. The molecule has 0 aromatic heterocycles. The van der Waals surface area contributed by atoms with E-state index in [1.807, 2.05) is 13.8 Å². The number of nitrogens with one attached hydrogen (secondary N) is 2. The number of alkyl halides is 1. The minimum Gasteiger partial charge on any atom is -0.396 e. The number of rotatable bonds is 10. The molecule has 3 heterocycles. The Labute approximate surface area is 217 Å². The molecule has 3 unspecified atom stereocenters. The Morgan fingerprint density at radius 1 is 1.15 bits per heavy atom. The molecule has 3 aliphatic heterocycles. The van der Waals surface area contributed by atoms with E-state index in [0.717, 1.165) is 32.1 Å². The molecule has 0 radical (unpaired) electrons. The van der Waals surface area contributed by atoms with Crippen LogP contribution in [-0.4, -0.2) is 74.3 Å². The molecule has 0 aromatic rings. The first-order valence-electron chi connectivity index (χ1n) is 12.5. The fourth-order valence-electron chi connectivity index (χ4n) is 6.66. The van der Waals surface area contributed by atoms with E-state index < -0.39 is 28.2 Å². The lowest BCUT2D eigenvalue weighted by Gasteiger charge is -2.39. The van der Waals surface area contributed by atoms with Crippen LogP contribution in [0.5, 0.6) is 0 Å². The van der Waals surface area contributed by atoms with Crippen LogP contribution < -0.4 is 10.6 Å². The van der Waals surface area contributed by atoms with Crippen molar-refractivity contribution >= 4 is 45.4 Å². The maximum atomic E-state index is 13.9. The van der Waals surface area contributed by atoms with Crippen LogP contribution in [0.2, 0.25) is 0 Å². The van der Waals surface area contributed by atoms with Gasteiger partial charge in [0, 0.05) is 35.8 Å². The number of halogens is 1. The van der Waals surface area contributed by atoms with E-state index in [9.17, 15) is 14.4 Å². The molecule has 0 aromatic carbocycles. The first-order valence-corrected chi connectivity index (χ1v) is 14.3. The van der Waals surface area contributed by atoms with Gasteiger partial charge >= 0.3 is 0 Å². The Balaban J connectivity index is 1.91. The zero-order chi connectivity index (χ0) is 25.5. The number of hydrogen-bond donors (Lipinski definition) is 3. The highest BCUT2D eigenvalue weighted by Gasteiger charge is 2.75. The second kappa shape index (κ2) is 10.3. The molecular weight excluding hydrogens is 518 g/mol. The van der Waals surface area contributed by atoms with Crippen molar-refractivity contribution in [3.05, 3.63) is 0 Å². The van der Waals surface area contributed by atoms with Crippen LogP contribution in [0, 0.1) is 17.3 Å². The van der Waals surface area contributed by atoms with E-state index in [-0.39, 0.29) is 39.8 Å². The number of hydrogen-bond acceptors (Lipinski definition) is 5. The maximum Gasteiger partial charge on any atom is 0.244 e. The fourth-order valence-corrected chi connectivity index (χ4v) is 10.3. The SMILES string of the molecule is CNC(=O)[C@H]1[C@H]2C(=O)N(CCCCCCO)C(C(=O)NC(C)(C)CC(C)(C)C)C23CC(Br)[C@@H]1S3. The van der Waals surface area contributed by atoms with Gasteiger partial charge in [-0.1, -0.05) is 49.5 Å². The molecule has 0 aliphatic carbocycles. The third-order valence-electron chi connectivity index (χ3n) is 7.33. The number of unbranched alkanes of at least 4 members (excludes halogenated alkanes) is 3. The topological polar surface area (TPSA) is 98.7 Å². The second-order valence-electron chi connectivity index (χ2n) is 12.1. The Kier molecular flexibility index (Phi) is 8.41. The summed E-state index contributed by atoms with van der Waals surface area (Å²) in [6.45, 7) is 11.2. The summed E-state index contributed by atoms with van der Waals surface area (Å²) in [7, 11) is 1.62. The van der Waals surface area contributed by atoms with Gasteiger partial charge in [0.05, 0.1) is 16.6 Å². The lowest BCUT2D eigenvalue weighted by Crippen LogP contribution is -2.58. The second-order valence-corrected chi connectivity index (χ2v) is 14.8. The standard InChI is InChI=1S/C25H42BrN3O4S/c1-23(2,3)14-24(4,5)28-21(32)19-25-13-15(26)18(34-25)16(20(31)27-6)17(25)22(33)29(19)11-9-7-8-10-12-30/h15-19,30H,7-14H2,1-6H3,(H,27,31)(H,28,32)/t15?,16-,17-,18-,19?,25?/m0/s1. The van der Waals surface area contributed by atoms with Crippen LogP contribution in [0.1, 0.15) is 73.1 Å². The van der Waals surface area contributed by atoms with Gasteiger partial charge in [-0.15, -0.1) is 11.8 Å². The summed E-state index contributed by atoms with van der Waals surface area (Å²) in [6, 6.07) is -0.591. The molecule has 3 amide bonds. The van der Waals surface area contributed by atoms with Gasteiger partial charge in [-0.25, -0.2) is 0 Å². The van der Waals surface area contributed by atoms with Crippen molar-refractivity contribution in [1.29, 1.82) is 0 Å². The quantitative estimate of drug-likeness (QED) is 0.282. The van der Waals surface area contributed by atoms with Gasteiger partial charge in [0.15, 0.2) is 0 Å². The summed E-state index contributed by atoms with van der Waals surface area (Å²) >= 11 is 5.45. The number of fused-ring (bicyclic) bond motifs is 1. The average Bonchev–Trinajstić information content (AvgIpc) is 3.28. The highest BCUT2D eigenvalue weighted by atomic mass is 79.9. The van der Waals surface area contributed by atoms with Crippen molar-refractivity contribution in [2.45, 2.75) is 99.5 Å². The molecule has 3 saturated heterocycles. The number of nitrogens with zero attached hydrogens (tertiary/aromatic N) is 1. The molecule has 6 atom stereocenters. The van der Waals surface area contributed by atoms with Gasteiger partial charge in [-0.3, -0.25) is 14.4 Å². The molecule has 194 valence electrons. The lowest BCUT2D eigenvalue weighted by molar-refractivity contribution is -0.140. The van der Waals surface area contributed by atoms with Crippen molar-refractivity contribution in [2.75, 3.05) is 20.2 Å². The van der Waals surface area contributed by atoms with Crippen LogP contribution in [0.3, 0.4) is 0 Å². The summed E-state index contributed by atoms with van der Waals surface area (Å²) in [5.41, 5.74) is -0.378. The first kappa shape index (κ1) is 27.8. The Morgan fingerprint density at radius 2 is 1.79 bits per heavy atom. The number of amides is 3. The molecule has 0 saturated carbocycles. The minimum absolute atomic E-state index is 0.0153. The number of carbonyl (C=O) groups excluding carboxylic acids is 3. The number of thioether (sulfide) groups is 1. The Morgan fingerprint density at radius 3 is 2.38 bits per heavy atom. The van der Waals surface area contributed by atoms with Crippen LogP contribution in [0.4, 0.5) is 0 Å². The van der Waals surface area contributed by atoms with Gasteiger partial charge in [0.2, 0.25) is 17.7 Å². The molecule has 7 nitrogen and oxygen atoms in total. The summed E-state index contributed by atoms with van der Waals surface area (Å²) in [5.74, 6) is -1.18. The van der Waals surface area contributed by atoms with Crippen LogP contribution >= 0.6 is 27.7 Å². The number of likely N-dealkylation sites (tertiary alicyclic amines) is 1. The summed E-state index contributed by atoms with van der Waals surface area (Å²) in [5, 5.41) is 15.1. The van der Waals surface area contributed by atoms with Crippen LogP contribution in [0.15, 0.2) is 0 Å². The van der Waals surface area contributed by atoms with Gasteiger partial charge in [0.1, 0.15) is 6.04 Å². The van der Waals surface area contributed by atoms with Crippen molar-refractivity contribution < 1.29 is 19.5 Å². The molecule has 3 N–H and O–H groups in total. The molecule has 3 aliphatic rings. The van der Waals surface area contributed by atoms with E-state index >= 15 is 0 Å². The lowest BCUT2D eigenvalue weighted by atomic mass is 9.70. The zero-order valence-electron chi connectivity index (χ0n) is 21.4. The number of aliphatic hydroxyl groups excluding tert-OH is 1. The van der Waals surface area contributed by atoms with Crippen molar-refractivity contribution in [3.8, 4) is 0 Å². The average molecular weight is 561 g/mol. The van der Waals surface area contributed by atoms with Crippen molar-refractivity contribution in [1.82, 2.24) is 15.5 Å². The normalized spacial score (nSPS) is 32.8. The number of carbonyl (C=O) groups is 3. The van der Waals surface area contributed by atoms with Gasteiger partial charge < -0.3 is 20.6 Å². The third kappa shape index (κ3) is 5.31. The molecule has 9 heteroatoms. The predicted octanol–water partition coefficient (Wildman–Crippen LogP) is 3.08. The molecule has 3 rings (SSSR count). The first-order chi connectivity index (χ1) is 15.8. The predicted molar refractivity (Wildman–Crippen MR) is 140 cm³/mol. The van der Waals surface area contributed by atoms with Crippen molar-refractivity contribution in [2.24, 2.45) is 17.3 Å². The van der Waals surface area contributed by atoms with E-state index in [2.05, 4.69) is 47.3 Å². The monoisotopic (exact) mass is 559 g/mol. The highest BCUT2D eigenvalue weighted by Crippen LogP contribution is 2.67. The van der Waals surface area contributed by atoms with Gasteiger partial charge in [0.25, 0.3) is 0 Å². The van der Waals surface area contributed by atoms with E-state index in [0.29, 0.717) is 13.0 Å². The van der Waals surface area contributed by atoms with Crippen molar-refractivity contribution in [3.63, 3.8) is 0 Å². The van der Waals surface area contributed by atoms with Crippen LogP contribution in [0.25, 0.3) is 0 Å². The Hall–Kier alpha value is -0.800. The molecule has 34 heavy (non-hydrogen) atoms. The van der Waals surface area contributed by atoms with Gasteiger partial charge in [-0.2, -0.15) is 0 Å². The van der Waals surface area contributed by atoms with E-state index in [4.69, 9.17) is 5.11 Å². The number of aliphatic hydroxyl groups is 1. The van der Waals surface area contributed by atoms with Crippen LogP contribution in [-0.2, 0) is 14.4 Å². The molecule has 2 bridgehead atoms. The third-order valence-corrected chi connectivity index (χ3v) is 10.5. The molecular formula is C25H42BrN3O4S. The smallest absolute Gasteiger partial charge is 0.244 e. The van der Waals surface area contributed by atoms with E-state index in [1.54, 1.807) is 23.7 Å². The Bertz CT molecular complexity index is 802. The van der Waals surface area contributed by atoms with Gasteiger partial charge in [-0.05, 0) is 44.9 Å².